The zero-order valence-corrected chi connectivity index (χ0v) is 12.4. The first-order valence-electron chi connectivity index (χ1n) is 5.97. The molecule has 0 aliphatic carbocycles. The number of benzene rings is 2. The molecular weight excluding hydrogens is 310 g/mol. The van der Waals surface area contributed by atoms with Crippen LogP contribution in [0.3, 0.4) is 0 Å². The number of rotatable bonds is 5. The number of nitrogen functional groups attached to an aromatic ring is 1. The number of nitrogens with two attached hydrogens (primary N) is 1. The second-order valence-corrected chi connectivity index (χ2v) is 4.08. The number of para-hydroxylation sites is 3. The molecule has 0 amide bonds. The fraction of sp³-hybridized carbons (Fsp3) is 0.0714. The van der Waals surface area contributed by atoms with Crippen LogP contribution in [0.15, 0.2) is 42.5 Å². The molecule has 0 unspecified atom stereocenters. The van der Waals surface area contributed by atoms with E-state index in [4.69, 9.17) is 20.6 Å². The SMILES string of the molecule is COc1cccc(C(=N)N)c1Oc1ccccc1[N+](=O)[O-].Cl. The van der Waals surface area contributed by atoms with Crippen molar-refractivity contribution < 1.29 is 14.4 Å². The van der Waals surface area contributed by atoms with Gasteiger partial charge < -0.3 is 15.2 Å². The van der Waals surface area contributed by atoms with E-state index in [0.717, 1.165) is 0 Å². The molecule has 0 aliphatic rings. The van der Waals surface area contributed by atoms with Gasteiger partial charge in [-0.3, -0.25) is 15.5 Å². The summed E-state index contributed by atoms with van der Waals surface area (Å²) in [6, 6.07) is 10.8. The lowest BCUT2D eigenvalue weighted by molar-refractivity contribution is -0.385. The van der Waals surface area contributed by atoms with Crippen molar-refractivity contribution in [1.29, 1.82) is 5.41 Å². The number of ether oxygens (including phenoxy) is 2. The average Bonchev–Trinajstić information content (AvgIpc) is 2.47. The van der Waals surface area contributed by atoms with Crippen LogP contribution in [0.2, 0.25) is 0 Å². The number of nitro groups is 1. The third kappa shape index (κ3) is 3.44. The number of nitrogens with one attached hydrogen (secondary N) is 1. The van der Waals surface area contributed by atoms with Gasteiger partial charge in [0.1, 0.15) is 5.84 Å². The van der Waals surface area contributed by atoms with Crippen molar-refractivity contribution in [3.63, 3.8) is 0 Å². The van der Waals surface area contributed by atoms with Gasteiger partial charge in [-0.2, -0.15) is 0 Å². The molecule has 0 saturated carbocycles. The smallest absolute Gasteiger partial charge is 0.311 e. The van der Waals surface area contributed by atoms with E-state index < -0.39 is 4.92 Å². The van der Waals surface area contributed by atoms with Gasteiger partial charge in [-0.25, -0.2) is 0 Å². The number of nitro benzene ring substituents is 1. The van der Waals surface area contributed by atoms with E-state index in [-0.39, 0.29) is 35.4 Å². The molecule has 0 atom stereocenters. The molecule has 2 rings (SSSR count). The second kappa shape index (κ2) is 7.28. The lowest BCUT2D eigenvalue weighted by Crippen LogP contribution is -2.13. The molecule has 3 N–H and O–H groups in total. The van der Waals surface area contributed by atoms with E-state index in [9.17, 15) is 10.1 Å². The minimum Gasteiger partial charge on any atom is -0.493 e. The molecular formula is C14H14ClN3O4. The Labute approximate surface area is 132 Å². The molecule has 2 aromatic carbocycles. The molecule has 0 fully saturated rings. The van der Waals surface area contributed by atoms with E-state index in [0.29, 0.717) is 11.3 Å². The molecule has 116 valence electrons. The highest BCUT2D eigenvalue weighted by Gasteiger charge is 2.19. The number of nitrogens with zero attached hydrogens (tertiary/aromatic N) is 1. The molecule has 0 heterocycles. The quantitative estimate of drug-likeness (QED) is 0.380. The van der Waals surface area contributed by atoms with Crippen LogP contribution in [0, 0.1) is 15.5 Å². The Hall–Kier alpha value is -2.80. The Morgan fingerprint density at radius 1 is 1.18 bits per heavy atom. The van der Waals surface area contributed by atoms with Crippen LogP contribution >= 0.6 is 12.4 Å². The van der Waals surface area contributed by atoms with Crippen LogP contribution in [-0.2, 0) is 0 Å². The first-order valence-corrected chi connectivity index (χ1v) is 5.97. The summed E-state index contributed by atoms with van der Waals surface area (Å²) in [6.07, 6.45) is 0. The van der Waals surface area contributed by atoms with Crippen LogP contribution in [0.5, 0.6) is 17.2 Å². The van der Waals surface area contributed by atoms with Gasteiger partial charge in [0, 0.05) is 6.07 Å². The molecule has 0 radical (unpaired) electrons. The zero-order valence-electron chi connectivity index (χ0n) is 11.6. The Morgan fingerprint density at radius 2 is 1.82 bits per heavy atom. The summed E-state index contributed by atoms with van der Waals surface area (Å²) in [5, 5.41) is 18.6. The van der Waals surface area contributed by atoms with Gasteiger partial charge in [0.25, 0.3) is 0 Å². The standard InChI is InChI=1S/C14H13N3O4.ClH/c1-20-12-8-4-5-9(14(15)16)13(12)21-11-7-3-2-6-10(11)17(18)19;/h2-8H,1H3,(H3,15,16);1H. The first kappa shape index (κ1) is 17.3. The van der Waals surface area contributed by atoms with E-state index in [2.05, 4.69) is 0 Å². The number of amidine groups is 1. The fourth-order valence-electron chi connectivity index (χ4n) is 1.80. The predicted molar refractivity (Wildman–Crippen MR) is 84.4 cm³/mol. The maximum absolute atomic E-state index is 11.0. The summed E-state index contributed by atoms with van der Waals surface area (Å²) in [6.45, 7) is 0. The number of halogens is 1. The van der Waals surface area contributed by atoms with E-state index >= 15 is 0 Å². The van der Waals surface area contributed by atoms with Crippen molar-refractivity contribution in [2.75, 3.05) is 7.11 Å². The third-order valence-corrected chi connectivity index (χ3v) is 2.76. The average molecular weight is 324 g/mol. The highest BCUT2D eigenvalue weighted by molar-refractivity contribution is 5.98. The molecule has 2 aromatic rings. The van der Waals surface area contributed by atoms with Gasteiger partial charge in [0.2, 0.25) is 5.75 Å². The van der Waals surface area contributed by atoms with Crippen molar-refractivity contribution in [3.05, 3.63) is 58.1 Å². The van der Waals surface area contributed by atoms with Crippen molar-refractivity contribution in [2.45, 2.75) is 0 Å². The molecule has 0 aliphatic heterocycles. The van der Waals surface area contributed by atoms with Crippen LogP contribution in [0.25, 0.3) is 0 Å². The molecule has 0 saturated heterocycles. The van der Waals surface area contributed by atoms with Crippen LogP contribution in [-0.4, -0.2) is 17.9 Å². The van der Waals surface area contributed by atoms with Gasteiger partial charge in [0.15, 0.2) is 11.5 Å². The van der Waals surface area contributed by atoms with E-state index in [1.807, 2.05) is 0 Å². The topological polar surface area (TPSA) is 111 Å². The highest BCUT2D eigenvalue weighted by Crippen LogP contribution is 2.38. The highest BCUT2D eigenvalue weighted by atomic mass is 35.5. The minimum absolute atomic E-state index is 0. The largest absolute Gasteiger partial charge is 0.493 e. The Bertz CT molecular complexity index is 706. The summed E-state index contributed by atoms with van der Waals surface area (Å²) in [5.41, 5.74) is 5.62. The zero-order chi connectivity index (χ0) is 15.4. The van der Waals surface area contributed by atoms with Crippen LogP contribution in [0.4, 0.5) is 5.69 Å². The lowest BCUT2D eigenvalue weighted by Gasteiger charge is -2.13. The Balaban J connectivity index is 0.00000242. The molecule has 0 spiro atoms. The number of hydrogen-bond donors (Lipinski definition) is 2. The van der Waals surface area contributed by atoms with Gasteiger partial charge in [-0.05, 0) is 18.2 Å². The van der Waals surface area contributed by atoms with Crippen molar-refractivity contribution in [2.24, 2.45) is 5.73 Å². The normalized spacial score (nSPS) is 9.50. The third-order valence-electron chi connectivity index (χ3n) is 2.76. The fourth-order valence-corrected chi connectivity index (χ4v) is 1.80. The van der Waals surface area contributed by atoms with Crippen LogP contribution < -0.4 is 15.2 Å². The minimum atomic E-state index is -0.543. The van der Waals surface area contributed by atoms with E-state index in [1.165, 1.54) is 19.2 Å². The molecule has 22 heavy (non-hydrogen) atoms. The molecule has 0 bridgehead atoms. The van der Waals surface area contributed by atoms with Crippen molar-refractivity contribution in [3.8, 4) is 17.2 Å². The van der Waals surface area contributed by atoms with Crippen LogP contribution in [0.1, 0.15) is 5.56 Å². The monoisotopic (exact) mass is 323 g/mol. The number of hydrogen-bond acceptors (Lipinski definition) is 5. The predicted octanol–water partition coefficient (Wildman–Crippen LogP) is 3.10. The lowest BCUT2D eigenvalue weighted by atomic mass is 10.1. The van der Waals surface area contributed by atoms with Gasteiger partial charge in [0.05, 0.1) is 17.6 Å². The maximum Gasteiger partial charge on any atom is 0.311 e. The maximum atomic E-state index is 11.0. The molecule has 8 heteroatoms. The summed E-state index contributed by atoms with van der Waals surface area (Å²) in [7, 11) is 1.44. The summed E-state index contributed by atoms with van der Waals surface area (Å²) < 4.78 is 10.8. The van der Waals surface area contributed by atoms with Crippen molar-refractivity contribution in [1.82, 2.24) is 0 Å². The summed E-state index contributed by atoms with van der Waals surface area (Å²) in [5.74, 6) is 0.333. The second-order valence-electron chi connectivity index (χ2n) is 4.08. The Morgan fingerprint density at radius 3 is 2.41 bits per heavy atom. The summed E-state index contributed by atoms with van der Waals surface area (Å²) >= 11 is 0. The van der Waals surface area contributed by atoms with Gasteiger partial charge in [-0.15, -0.1) is 12.4 Å². The van der Waals surface area contributed by atoms with Crippen molar-refractivity contribution >= 4 is 23.9 Å². The van der Waals surface area contributed by atoms with Gasteiger partial charge in [-0.1, -0.05) is 18.2 Å². The molecule has 7 nitrogen and oxygen atoms in total. The van der Waals surface area contributed by atoms with Gasteiger partial charge >= 0.3 is 5.69 Å². The summed E-state index contributed by atoms with van der Waals surface area (Å²) in [4.78, 5) is 10.5. The van der Waals surface area contributed by atoms with E-state index in [1.54, 1.807) is 30.3 Å². The molecule has 0 aromatic heterocycles. The first-order chi connectivity index (χ1) is 10.0. The number of methoxy groups -OCH3 is 1. The Kier molecular flexibility index (Phi) is 5.71.